The normalized spacial score (nSPS) is 11.6. The number of carbonyl (C=O) groups is 2. The molecule has 0 unspecified atom stereocenters. The van der Waals surface area contributed by atoms with Crippen molar-refractivity contribution < 1.29 is 14.3 Å². The first-order chi connectivity index (χ1) is 11.6. The van der Waals surface area contributed by atoms with Gasteiger partial charge in [0.05, 0.1) is 28.8 Å². The van der Waals surface area contributed by atoms with Gasteiger partial charge in [0.15, 0.2) is 0 Å². The van der Waals surface area contributed by atoms with Crippen LogP contribution in [0.5, 0.6) is 0 Å². The van der Waals surface area contributed by atoms with Crippen molar-refractivity contribution in [3.8, 4) is 0 Å². The Morgan fingerprint density at radius 2 is 1.83 bits per heavy atom. The molecule has 24 heavy (non-hydrogen) atoms. The monoisotopic (exact) mass is 345 g/mol. The Kier molecular flexibility index (Phi) is 6.38. The van der Waals surface area contributed by atoms with Crippen LogP contribution in [0, 0.1) is 0 Å². The molecule has 0 spiro atoms. The van der Waals surface area contributed by atoms with E-state index in [4.69, 9.17) is 16.3 Å². The third-order valence-electron chi connectivity index (χ3n) is 3.66. The van der Waals surface area contributed by atoms with Gasteiger partial charge in [-0.1, -0.05) is 48.9 Å². The van der Waals surface area contributed by atoms with E-state index in [0.717, 1.165) is 5.56 Å². The Balaban J connectivity index is 2.21. The molecule has 2 aromatic carbocycles. The molecule has 0 saturated heterocycles. The fourth-order valence-electron chi connectivity index (χ4n) is 2.44. The lowest BCUT2D eigenvalue weighted by molar-refractivity contribution is -0.117. The maximum Gasteiger partial charge on any atom is 0.338 e. The van der Waals surface area contributed by atoms with Crippen molar-refractivity contribution in [3.05, 3.63) is 64.7 Å². The third-order valence-corrected chi connectivity index (χ3v) is 3.99. The largest absolute Gasteiger partial charge is 0.462 e. The highest BCUT2D eigenvalue weighted by atomic mass is 35.5. The van der Waals surface area contributed by atoms with Gasteiger partial charge in [0.2, 0.25) is 5.91 Å². The molecule has 1 atom stereocenters. The highest BCUT2D eigenvalue weighted by Crippen LogP contribution is 2.27. The molecule has 0 heterocycles. The van der Waals surface area contributed by atoms with Crippen LogP contribution in [0.3, 0.4) is 0 Å². The summed E-state index contributed by atoms with van der Waals surface area (Å²) in [6, 6.07) is 14.2. The number of amides is 1. The lowest BCUT2D eigenvalue weighted by Gasteiger charge is -2.16. The van der Waals surface area contributed by atoms with E-state index in [-0.39, 0.29) is 18.4 Å². The van der Waals surface area contributed by atoms with E-state index in [2.05, 4.69) is 5.32 Å². The summed E-state index contributed by atoms with van der Waals surface area (Å²) in [5, 5.41) is 3.19. The van der Waals surface area contributed by atoms with Crippen molar-refractivity contribution in [2.75, 3.05) is 11.9 Å². The Morgan fingerprint density at radius 1 is 1.12 bits per heavy atom. The van der Waals surface area contributed by atoms with Crippen LogP contribution < -0.4 is 5.32 Å². The maximum atomic E-state index is 12.6. The molecule has 0 fully saturated rings. The maximum absolute atomic E-state index is 12.6. The molecule has 2 aromatic rings. The smallest absolute Gasteiger partial charge is 0.338 e. The van der Waals surface area contributed by atoms with Crippen LogP contribution in [0.4, 0.5) is 5.69 Å². The minimum absolute atomic E-state index is 0.161. The fourth-order valence-corrected chi connectivity index (χ4v) is 2.60. The summed E-state index contributed by atoms with van der Waals surface area (Å²) < 4.78 is 4.97. The van der Waals surface area contributed by atoms with Gasteiger partial charge < -0.3 is 10.1 Å². The topological polar surface area (TPSA) is 55.4 Å². The van der Waals surface area contributed by atoms with Crippen molar-refractivity contribution in [2.24, 2.45) is 0 Å². The SMILES string of the molecule is CCOC(=O)c1ccc(Cl)c(NC(=O)[C@H](CC)c2ccccc2)c1. The summed E-state index contributed by atoms with van der Waals surface area (Å²) in [5.41, 5.74) is 1.70. The molecule has 126 valence electrons. The van der Waals surface area contributed by atoms with Gasteiger partial charge in [-0.25, -0.2) is 4.79 Å². The quantitative estimate of drug-likeness (QED) is 0.775. The van der Waals surface area contributed by atoms with Crippen molar-refractivity contribution in [2.45, 2.75) is 26.2 Å². The number of hydrogen-bond donors (Lipinski definition) is 1. The summed E-state index contributed by atoms with van der Waals surface area (Å²) in [6.07, 6.45) is 0.658. The van der Waals surface area contributed by atoms with E-state index in [1.807, 2.05) is 37.3 Å². The number of nitrogens with one attached hydrogen (secondary N) is 1. The minimum Gasteiger partial charge on any atom is -0.462 e. The molecule has 5 heteroatoms. The highest BCUT2D eigenvalue weighted by molar-refractivity contribution is 6.34. The van der Waals surface area contributed by atoms with E-state index < -0.39 is 5.97 Å². The first-order valence-corrected chi connectivity index (χ1v) is 8.27. The summed E-state index contributed by atoms with van der Waals surface area (Å²) in [6.45, 7) is 3.98. The molecule has 0 aliphatic rings. The molecular weight excluding hydrogens is 326 g/mol. The van der Waals surface area contributed by atoms with Gasteiger partial charge in [0.25, 0.3) is 0 Å². The van der Waals surface area contributed by atoms with Gasteiger partial charge in [0, 0.05) is 0 Å². The number of ether oxygens (including phenoxy) is 1. The van der Waals surface area contributed by atoms with Crippen molar-refractivity contribution in [3.63, 3.8) is 0 Å². The molecule has 4 nitrogen and oxygen atoms in total. The molecule has 0 aliphatic heterocycles. The summed E-state index contributed by atoms with van der Waals surface area (Å²) >= 11 is 6.15. The standard InChI is InChI=1S/C19H20ClNO3/c1-3-15(13-8-6-5-7-9-13)18(22)21-17-12-14(10-11-16(17)20)19(23)24-4-2/h5-12,15H,3-4H2,1-2H3,(H,21,22)/t15-/m1/s1. The van der Waals surface area contributed by atoms with Crippen LogP contribution in [-0.2, 0) is 9.53 Å². The van der Waals surface area contributed by atoms with E-state index in [9.17, 15) is 9.59 Å². The molecule has 2 rings (SSSR count). The van der Waals surface area contributed by atoms with Gasteiger partial charge >= 0.3 is 5.97 Å². The number of halogens is 1. The molecule has 1 N–H and O–H groups in total. The van der Waals surface area contributed by atoms with Crippen LogP contribution in [0.1, 0.15) is 42.1 Å². The molecule has 0 bridgehead atoms. The summed E-state index contributed by atoms with van der Waals surface area (Å²) in [5.74, 6) is -0.889. The van der Waals surface area contributed by atoms with Crippen LogP contribution in [-0.4, -0.2) is 18.5 Å². The average Bonchev–Trinajstić information content (AvgIpc) is 2.58. The van der Waals surface area contributed by atoms with Crippen LogP contribution in [0.2, 0.25) is 5.02 Å². The van der Waals surface area contributed by atoms with Gasteiger partial charge in [-0.05, 0) is 37.1 Å². The van der Waals surface area contributed by atoms with Crippen molar-refractivity contribution in [1.82, 2.24) is 0 Å². The van der Waals surface area contributed by atoms with Gasteiger partial charge in [-0.3, -0.25) is 4.79 Å². The second-order valence-corrected chi connectivity index (χ2v) is 5.68. The first kappa shape index (κ1) is 18.0. The molecule has 0 aromatic heterocycles. The van der Waals surface area contributed by atoms with Crippen molar-refractivity contribution >= 4 is 29.2 Å². The molecule has 0 radical (unpaired) electrons. The predicted molar refractivity (Wildman–Crippen MR) is 95.5 cm³/mol. The number of esters is 1. The Bertz CT molecular complexity index is 716. The molecule has 0 aliphatic carbocycles. The Morgan fingerprint density at radius 3 is 2.46 bits per heavy atom. The van der Waals surface area contributed by atoms with E-state index in [1.54, 1.807) is 19.1 Å². The van der Waals surface area contributed by atoms with Crippen LogP contribution in [0.25, 0.3) is 0 Å². The third kappa shape index (κ3) is 4.36. The lowest BCUT2D eigenvalue weighted by Crippen LogP contribution is -2.21. The van der Waals surface area contributed by atoms with Gasteiger partial charge in [-0.2, -0.15) is 0 Å². The molecular formula is C19H20ClNO3. The second kappa shape index (κ2) is 8.50. The highest BCUT2D eigenvalue weighted by Gasteiger charge is 2.20. The second-order valence-electron chi connectivity index (χ2n) is 5.28. The number of carbonyl (C=O) groups excluding carboxylic acids is 2. The Hall–Kier alpha value is -2.33. The van der Waals surface area contributed by atoms with Gasteiger partial charge in [-0.15, -0.1) is 0 Å². The summed E-state index contributed by atoms with van der Waals surface area (Å²) in [7, 11) is 0. The van der Waals surface area contributed by atoms with E-state index in [0.29, 0.717) is 22.7 Å². The average molecular weight is 346 g/mol. The predicted octanol–water partition coefficient (Wildman–Crippen LogP) is 4.65. The Labute approximate surface area is 146 Å². The zero-order chi connectivity index (χ0) is 17.5. The zero-order valence-electron chi connectivity index (χ0n) is 13.7. The van der Waals surface area contributed by atoms with E-state index >= 15 is 0 Å². The fraction of sp³-hybridized carbons (Fsp3) is 0.263. The number of rotatable bonds is 6. The number of anilines is 1. The lowest BCUT2D eigenvalue weighted by atomic mass is 9.95. The first-order valence-electron chi connectivity index (χ1n) is 7.89. The number of hydrogen-bond acceptors (Lipinski definition) is 3. The summed E-state index contributed by atoms with van der Waals surface area (Å²) in [4.78, 5) is 24.4. The number of benzene rings is 2. The molecule has 0 saturated carbocycles. The minimum atomic E-state index is -0.445. The van der Waals surface area contributed by atoms with Crippen molar-refractivity contribution in [1.29, 1.82) is 0 Å². The van der Waals surface area contributed by atoms with Crippen LogP contribution >= 0.6 is 11.6 Å². The van der Waals surface area contributed by atoms with Crippen LogP contribution in [0.15, 0.2) is 48.5 Å². The van der Waals surface area contributed by atoms with Gasteiger partial charge in [0.1, 0.15) is 0 Å². The molecule has 1 amide bonds. The zero-order valence-corrected chi connectivity index (χ0v) is 14.5. The van der Waals surface area contributed by atoms with E-state index in [1.165, 1.54) is 6.07 Å².